The molecular formula is C18H13F2IN2O2. The topological polar surface area (TPSA) is 54.3 Å². The van der Waals surface area contributed by atoms with Gasteiger partial charge in [-0.25, -0.2) is 8.78 Å². The molecule has 1 aliphatic carbocycles. The number of fused-ring (bicyclic) bond motifs is 1. The highest BCUT2D eigenvalue weighted by Crippen LogP contribution is 2.39. The van der Waals surface area contributed by atoms with Gasteiger partial charge < -0.3 is 15.0 Å². The molecule has 25 heavy (non-hydrogen) atoms. The van der Waals surface area contributed by atoms with Gasteiger partial charge in [-0.3, -0.25) is 4.79 Å². The predicted molar refractivity (Wildman–Crippen MR) is 101 cm³/mol. The van der Waals surface area contributed by atoms with Crippen molar-refractivity contribution in [2.45, 2.75) is 18.9 Å². The molecular weight excluding hydrogens is 441 g/mol. The van der Waals surface area contributed by atoms with Crippen LogP contribution in [0.1, 0.15) is 18.9 Å². The van der Waals surface area contributed by atoms with Gasteiger partial charge in [0.2, 0.25) is 5.43 Å². The maximum Gasteiger partial charge on any atom is 0.233 e. The zero-order valence-corrected chi connectivity index (χ0v) is 15.0. The summed E-state index contributed by atoms with van der Waals surface area (Å²) in [6.45, 7) is 0. The standard InChI is InChI=1S/C18H13F2IN2O2/c19-9-5-14(22-13-4-1-10(21)7-12(13)20)17-15(6-9)23(11-2-3-11)8-16(24)18(17)25/h1,4-8,11,22,24H,2-3H2. The Labute approximate surface area is 155 Å². The van der Waals surface area contributed by atoms with E-state index in [-0.39, 0.29) is 22.8 Å². The molecule has 7 heteroatoms. The molecule has 0 unspecified atom stereocenters. The monoisotopic (exact) mass is 454 g/mol. The Kier molecular flexibility index (Phi) is 3.90. The predicted octanol–water partition coefficient (Wildman–Crippen LogP) is 4.67. The fourth-order valence-corrected chi connectivity index (χ4v) is 3.37. The quantitative estimate of drug-likeness (QED) is 0.566. The maximum atomic E-state index is 14.1. The van der Waals surface area contributed by atoms with Crippen molar-refractivity contribution in [2.24, 2.45) is 0 Å². The van der Waals surface area contributed by atoms with Gasteiger partial charge in [0.1, 0.15) is 11.6 Å². The Balaban J connectivity index is 1.95. The number of hydrogen-bond acceptors (Lipinski definition) is 3. The van der Waals surface area contributed by atoms with Gasteiger partial charge in [0, 0.05) is 9.61 Å². The van der Waals surface area contributed by atoms with Crippen LogP contribution in [0.5, 0.6) is 5.75 Å². The number of nitrogens with zero attached hydrogens (tertiary/aromatic N) is 1. The highest BCUT2D eigenvalue weighted by molar-refractivity contribution is 14.1. The smallest absolute Gasteiger partial charge is 0.233 e. The number of rotatable bonds is 3. The number of aromatic hydroxyl groups is 1. The Bertz CT molecular complexity index is 1060. The van der Waals surface area contributed by atoms with Crippen LogP contribution in [0.2, 0.25) is 0 Å². The lowest BCUT2D eigenvalue weighted by atomic mass is 10.1. The van der Waals surface area contributed by atoms with Crippen molar-refractivity contribution in [1.29, 1.82) is 0 Å². The molecule has 0 amide bonds. The lowest BCUT2D eigenvalue weighted by Gasteiger charge is -2.15. The van der Waals surface area contributed by atoms with E-state index in [0.29, 0.717) is 5.52 Å². The molecule has 4 nitrogen and oxygen atoms in total. The van der Waals surface area contributed by atoms with Crippen LogP contribution >= 0.6 is 22.6 Å². The minimum atomic E-state index is -0.611. The lowest BCUT2D eigenvalue weighted by Crippen LogP contribution is -2.11. The third kappa shape index (κ3) is 2.97. The fourth-order valence-electron chi connectivity index (χ4n) is 2.91. The molecule has 1 fully saturated rings. The zero-order chi connectivity index (χ0) is 17.7. The van der Waals surface area contributed by atoms with Crippen molar-refractivity contribution in [3.8, 4) is 5.75 Å². The summed E-state index contributed by atoms with van der Waals surface area (Å²) in [5, 5.41) is 12.9. The number of benzene rings is 2. The molecule has 4 rings (SSSR count). The van der Waals surface area contributed by atoms with E-state index in [2.05, 4.69) is 5.32 Å². The molecule has 1 heterocycles. The minimum Gasteiger partial charge on any atom is -0.503 e. The van der Waals surface area contributed by atoms with Gasteiger partial charge in [-0.1, -0.05) is 0 Å². The first kappa shape index (κ1) is 16.3. The summed E-state index contributed by atoms with van der Waals surface area (Å²) in [5.74, 6) is -1.45. The number of anilines is 2. The first-order valence-electron chi connectivity index (χ1n) is 7.73. The molecule has 128 valence electrons. The summed E-state index contributed by atoms with van der Waals surface area (Å²) < 4.78 is 30.7. The summed E-state index contributed by atoms with van der Waals surface area (Å²) in [5.41, 5.74) is 0.0393. The third-order valence-corrected chi connectivity index (χ3v) is 4.89. The van der Waals surface area contributed by atoms with Crippen LogP contribution in [0.15, 0.2) is 41.3 Å². The van der Waals surface area contributed by atoms with Crippen molar-refractivity contribution in [3.05, 3.63) is 62.0 Å². The Hall–Kier alpha value is -2.16. The molecule has 3 aromatic rings. The van der Waals surface area contributed by atoms with Crippen LogP contribution in [-0.4, -0.2) is 9.67 Å². The van der Waals surface area contributed by atoms with Crippen LogP contribution in [0.3, 0.4) is 0 Å². The molecule has 0 atom stereocenters. The maximum absolute atomic E-state index is 14.1. The number of aromatic nitrogens is 1. The zero-order valence-electron chi connectivity index (χ0n) is 12.9. The van der Waals surface area contributed by atoms with Crippen LogP contribution in [-0.2, 0) is 0 Å². The second-order valence-electron chi connectivity index (χ2n) is 6.08. The van der Waals surface area contributed by atoms with E-state index < -0.39 is 22.8 Å². The molecule has 0 radical (unpaired) electrons. The number of hydrogen-bond donors (Lipinski definition) is 2. The molecule has 1 aliphatic rings. The minimum absolute atomic E-state index is 0.130. The van der Waals surface area contributed by atoms with Gasteiger partial charge in [-0.2, -0.15) is 0 Å². The Morgan fingerprint density at radius 1 is 1.16 bits per heavy atom. The normalized spacial score (nSPS) is 14.0. The Morgan fingerprint density at radius 3 is 2.60 bits per heavy atom. The highest BCUT2D eigenvalue weighted by atomic mass is 127. The number of nitrogens with one attached hydrogen (secondary N) is 1. The van der Waals surface area contributed by atoms with Gasteiger partial charge in [0.25, 0.3) is 0 Å². The van der Waals surface area contributed by atoms with Crippen molar-refractivity contribution in [2.75, 3.05) is 5.32 Å². The second kappa shape index (κ2) is 5.98. The van der Waals surface area contributed by atoms with Gasteiger partial charge in [-0.15, -0.1) is 0 Å². The van der Waals surface area contributed by atoms with E-state index in [4.69, 9.17) is 0 Å². The van der Waals surface area contributed by atoms with E-state index in [1.54, 1.807) is 10.6 Å². The molecule has 2 aromatic carbocycles. The van der Waals surface area contributed by atoms with Gasteiger partial charge in [0.15, 0.2) is 5.75 Å². The summed E-state index contributed by atoms with van der Waals surface area (Å²) in [7, 11) is 0. The van der Waals surface area contributed by atoms with Gasteiger partial charge in [0.05, 0.1) is 28.5 Å². The molecule has 1 aromatic heterocycles. The fraction of sp³-hybridized carbons (Fsp3) is 0.167. The molecule has 0 spiro atoms. The van der Waals surface area contributed by atoms with E-state index in [9.17, 15) is 18.7 Å². The van der Waals surface area contributed by atoms with Gasteiger partial charge in [-0.05, 0) is 65.8 Å². The first-order valence-corrected chi connectivity index (χ1v) is 8.81. The van der Waals surface area contributed by atoms with Crippen molar-refractivity contribution < 1.29 is 13.9 Å². The van der Waals surface area contributed by atoms with E-state index in [1.165, 1.54) is 24.4 Å². The summed E-state index contributed by atoms with van der Waals surface area (Å²) in [4.78, 5) is 12.5. The summed E-state index contributed by atoms with van der Waals surface area (Å²) >= 11 is 1.99. The lowest BCUT2D eigenvalue weighted by molar-refractivity contribution is 0.463. The van der Waals surface area contributed by atoms with Crippen LogP contribution in [0.4, 0.5) is 20.2 Å². The molecule has 0 bridgehead atoms. The SMILES string of the molecule is O=c1c(O)cn(C2CC2)c2cc(F)cc(Nc3ccc(I)cc3F)c12. The average molecular weight is 454 g/mol. The van der Waals surface area contributed by atoms with Crippen molar-refractivity contribution in [1.82, 2.24) is 4.57 Å². The van der Waals surface area contributed by atoms with Crippen molar-refractivity contribution in [3.63, 3.8) is 0 Å². The molecule has 2 N–H and O–H groups in total. The third-order valence-electron chi connectivity index (χ3n) is 4.22. The largest absolute Gasteiger partial charge is 0.503 e. The molecule has 1 saturated carbocycles. The van der Waals surface area contributed by atoms with E-state index in [1.807, 2.05) is 22.6 Å². The van der Waals surface area contributed by atoms with E-state index >= 15 is 0 Å². The van der Waals surface area contributed by atoms with Gasteiger partial charge >= 0.3 is 0 Å². The number of halogens is 3. The van der Waals surface area contributed by atoms with Crippen LogP contribution in [0, 0.1) is 15.2 Å². The first-order chi connectivity index (χ1) is 11.9. The van der Waals surface area contributed by atoms with Crippen LogP contribution in [0.25, 0.3) is 10.9 Å². The average Bonchev–Trinajstić information content (AvgIpc) is 3.38. The van der Waals surface area contributed by atoms with Crippen LogP contribution < -0.4 is 10.7 Å². The van der Waals surface area contributed by atoms with Crippen molar-refractivity contribution >= 4 is 44.9 Å². The molecule has 0 saturated heterocycles. The van der Waals surface area contributed by atoms with E-state index in [0.717, 1.165) is 22.5 Å². The second-order valence-corrected chi connectivity index (χ2v) is 7.32. The molecule has 0 aliphatic heterocycles. The highest BCUT2D eigenvalue weighted by Gasteiger charge is 2.26. The summed E-state index contributed by atoms with van der Waals surface area (Å²) in [6.07, 6.45) is 3.15. The number of pyridine rings is 1. The summed E-state index contributed by atoms with van der Waals surface area (Å²) in [6, 6.07) is 7.11. The Morgan fingerprint density at radius 2 is 1.92 bits per heavy atom.